The predicted molar refractivity (Wildman–Crippen MR) is 63.5 cm³/mol. The van der Waals surface area contributed by atoms with Gasteiger partial charge < -0.3 is 15.8 Å². The minimum Gasteiger partial charge on any atom is -0.477 e. The van der Waals surface area contributed by atoms with Crippen molar-refractivity contribution in [2.24, 2.45) is 5.73 Å². The second-order valence-corrected chi connectivity index (χ2v) is 3.37. The van der Waals surface area contributed by atoms with Crippen molar-refractivity contribution < 1.29 is 14.5 Å². The summed E-state index contributed by atoms with van der Waals surface area (Å²) in [6, 6.07) is 5.74. The van der Waals surface area contributed by atoms with Crippen LogP contribution in [0, 0.1) is 10.1 Å². The standard InChI is InChI=1S/C9H9N3O4S/c10-9(17)11-8(13)5-16-7-4-2-1-3-6(7)12(14)15/h1-4H,5H2,(H3,10,11,13,17). The molecule has 1 rings (SSSR count). The minimum absolute atomic E-state index is 0.00981. The number of carbonyl (C=O) groups excluding carboxylic acids is 1. The van der Waals surface area contributed by atoms with Crippen LogP contribution in [0.3, 0.4) is 0 Å². The molecule has 90 valence electrons. The second-order valence-electron chi connectivity index (χ2n) is 2.93. The number of nitrogens with two attached hydrogens (primary N) is 1. The lowest BCUT2D eigenvalue weighted by Gasteiger charge is -2.06. The maximum Gasteiger partial charge on any atom is 0.310 e. The number of hydrogen-bond acceptors (Lipinski definition) is 5. The summed E-state index contributed by atoms with van der Waals surface area (Å²) in [5.74, 6) is -0.564. The summed E-state index contributed by atoms with van der Waals surface area (Å²) in [4.78, 5) is 21.2. The second kappa shape index (κ2) is 5.75. The quantitative estimate of drug-likeness (QED) is 0.456. The molecular formula is C9H9N3O4S. The molecule has 7 nitrogen and oxygen atoms in total. The maximum atomic E-state index is 11.1. The van der Waals surface area contributed by atoms with Crippen molar-refractivity contribution in [2.75, 3.05) is 6.61 Å². The number of rotatable bonds is 4. The Morgan fingerprint density at radius 1 is 1.53 bits per heavy atom. The van der Waals surface area contributed by atoms with E-state index in [0.29, 0.717) is 0 Å². The monoisotopic (exact) mass is 255 g/mol. The third-order valence-electron chi connectivity index (χ3n) is 1.68. The van der Waals surface area contributed by atoms with Crippen LogP contribution in [0.5, 0.6) is 5.75 Å². The van der Waals surface area contributed by atoms with E-state index in [1.54, 1.807) is 6.07 Å². The van der Waals surface area contributed by atoms with Gasteiger partial charge in [0.15, 0.2) is 17.5 Å². The van der Waals surface area contributed by atoms with Crippen molar-refractivity contribution in [1.82, 2.24) is 5.32 Å². The number of carbonyl (C=O) groups is 1. The van der Waals surface area contributed by atoms with Gasteiger partial charge in [0.05, 0.1) is 4.92 Å². The SMILES string of the molecule is NC(=S)NC(=O)COc1ccccc1[N+](=O)[O-]. The van der Waals surface area contributed by atoms with E-state index in [2.05, 4.69) is 17.5 Å². The highest BCUT2D eigenvalue weighted by Crippen LogP contribution is 2.25. The summed E-state index contributed by atoms with van der Waals surface area (Å²) < 4.78 is 4.99. The van der Waals surface area contributed by atoms with Crippen molar-refractivity contribution >= 4 is 28.9 Å². The van der Waals surface area contributed by atoms with Gasteiger partial charge in [-0.15, -0.1) is 0 Å². The molecule has 17 heavy (non-hydrogen) atoms. The van der Waals surface area contributed by atoms with Gasteiger partial charge in [-0.2, -0.15) is 0 Å². The predicted octanol–water partition coefficient (Wildman–Crippen LogP) is 0.333. The number of thiocarbonyl (C=S) groups is 1. The summed E-state index contributed by atoms with van der Waals surface area (Å²) in [5, 5.41) is 12.6. The molecule has 1 aromatic carbocycles. The Bertz CT molecular complexity index is 463. The molecule has 8 heteroatoms. The van der Waals surface area contributed by atoms with Crippen molar-refractivity contribution in [1.29, 1.82) is 0 Å². The van der Waals surface area contributed by atoms with E-state index in [4.69, 9.17) is 10.5 Å². The zero-order valence-electron chi connectivity index (χ0n) is 8.58. The van der Waals surface area contributed by atoms with Gasteiger partial charge in [0.25, 0.3) is 5.91 Å². The molecule has 0 aliphatic carbocycles. The van der Waals surface area contributed by atoms with Gasteiger partial charge in [-0.3, -0.25) is 14.9 Å². The molecule has 0 aliphatic rings. The van der Waals surface area contributed by atoms with Gasteiger partial charge in [0.1, 0.15) is 0 Å². The van der Waals surface area contributed by atoms with Crippen LogP contribution in [-0.4, -0.2) is 22.5 Å². The number of amides is 1. The Balaban J connectivity index is 2.66. The van der Waals surface area contributed by atoms with Crippen molar-refractivity contribution in [2.45, 2.75) is 0 Å². The van der Waals surface area contributed by atoms with Crippen LogP contribution < -0.4 is 15.8 Å². The summed E-state index contributed by atoms with van der Waals surface area (Å²) in [6.45, 7) is -0.401. The first-order valence-corrected chi connectivity index (χ1v) is 4.87. The van der Waals surface area contributed by atoms with E-state index in [1.807, 2.05) is 0 Å². The summed E-state index contributed by atoms with van der Waals surface area (Å²) in [7, 11) is 0. The van der Waals surface area contributed by atoms with E-state index in [9.17, 15) is 14.9 Å². The van der Waals surface area contributed by atoms with Crippen LogP contribution in [0.25, 0.3) is 0 Å². The number of nitrogens with zero attached hydrogens (tertiary/aromatic N) is 1. The number of hydrogen-bond donors (Lipinski definition) is 2. The molecule has 1 aromatic rings. The highest BCUT2D eigenvalue weighted by molar-refractivity contribution is 7.80. The minimum atomic E-state index is -0.596. The average molecular weight is 255 g/mol. The molecule has 0 spiro atoms. The Hall–Kier alpha value is -2.22. The molecule has 0 aliphatic heterocycles. The van der Waals surface area contributed by atoms with Gasteiger partial charge in [0, 0.05) is 6.07 Å². The van der Waals surface area contributed by atoms with Crippen molar-refractivity contribution in [3.8, 4) is 5.75 Å². The average Bonchev–Trinajstić information content (AvgIpc) is 2.25. The number of ether oxygens (including phenoxy) is 1. The lowest BCUT2D eigenvalue weighted by molar-refractivity contribution is -0.385. The summed E-state index contributed by atoms with van der Waals surface area (Å²) in [5.41, 5.74) is 4.86. The fourth-order valence-corrected chi connectivity index (χ4v) is 1.16. The van der Waals surface area contributed by atoms with Crippen LogP contribution in [0.15, 0.2) is 24.3 Å². The Morgan fingerprint density at radius 2 is 2.18 bits per heavy atom. The smallest absolute Gasteiger partial charge is 0.310 e. The van der Waals surface area contributed by atoms with E-state index in [0.717, 1.165) is 0 Å². The molecule has 0 saturated carbocycles. The Labute approximate surface area is 102 Å². The van der Waals surface area contributed by atoms with Crippen molar-refractivity contribution in [3.05, 3.63) is 34.4 Å². The van der Waals surface area contributed by atoms with Gasteiger partial charge in [-0.1, -0.05) is 12.1 Å². The molecule has 3 N–H and O–H groups in total. The largest absolute Gasteiger partial charge is 0.477 e. The molecule has 0 fully saturated rings. The highest BCUT2D eigenvalue weighted by Gasteiger charge is 2.14. The first kappa shape index (κ1) is 12.8. The summed E-state index contributed by atoms with van der Waals surface area (Å²) in [6.07, 6.45) is 0. The number of benzene rings is 1. The molecule has 0 radical (unpaired) electrons. The third kappa shape index (κ3) is 4.03. The molecule has 0 saturated heterocycles. The number of para-hydroxylation sites is 2. The fourth-order valence-electron chi connectivity index (χ4n) is 1.05. The summed E-state index contributed by atoms with van der Waals surface area (Å²) >= 11 is 4.45. The highest BCUT2D eigenvalue weighted by atomic mass is 32.1. The van der Waals surface area contributed by atoms with Gasteiger partial charge in [-0.05, 0) is 18.3 Å². The molecular weight excluding hydrogens is 246 g/mol. The van der Waals surface area contributed by atoms with Crippen LogP contribution in [0.1, 0.15) is 0 Å². The van der Waals surface area contributed by atoms with Crippen LogP contribution in [-0.2, 0) is 4.79 Å². The molecule has 0 atom stereocenters. The van der Waals surface area contributed by atoms with Gasteiger partial charge in [-0.25, -0.2) is 0 Å². The first-order chi connectivity index (χ1) is 8.00. The molecule has 0 unspecified atom stereocenters. The number of nitrogens with one attached hydrogen (secondary N) is 1. The molecule has 0 bridgehead atoms. The van der Waals surface area contributed by atoms with Gasteiger partial charge >= 0.3 is 5.69 Å². The van der Waals surface area contributed by atoms with Crippen LogP contribution >= 0.6 is 12.2 Å². The fraction of sp³-hybridized carbons (Fsp3) is 0.111. The van der Waals surface area contributed by atoms with Crippen molar-refractivity contribution in [3.63, 3.8) is 0 Å². The maximum absolute atomic E-state index is 11.1. The first-order valence-electron chi connectivity index (χ1n) is 4.46. The number of nitro groups is 1. The van der Waals surface area contributed by atoms with E-state index < -0.39 is 17.4 Å². The Morgan fingerprint density at radius 3 is 2.76 bits per heavy atom. The normalized spacial score (nSPS) is 9.41. The molecule has 0 heterocycles. The van der Waals surface area contributed by atoms with Gasteiger partial charge in [0.2, 0.25) is 0 Å². The van der Waals surface area contributed by atoms with E-state index >= 15 is 0 Å². The van der Waals surface area contributed by atoms with Crippen LogP contribution in [0.4, 0.5) is 5.69 Å². The Kier molecular flexibility index (Phi) is 4.35. The molecule has 0 aromatic heterocycles. The third-order valence-corrected chi connectivity index (χ3v) is 1.79. The van der Waals surface area contributed by atoms with Crippen LogP contribution in [0.2, 0.25) is 0 Å². The van der Waals surface area contributed by atoms with E-state index in [-0.39, 0.29) is 16.5 Å². The zero-order chi connectivity index (χ0) is 12.8. The topological polar surface area (TPSA) is 107 Å². The number of nitro benzene ring substituents is 1. The molecule has 1 amide bonds. The van der Waals surface area contributed by atoms with E-state index in [1.165, 1.54) is 18.2 Å². The lowest BCUT2D eigenvalue weighted by Crippen LogP contribution is -2.37. The zero-order valence-corrected chi connectivity index (χ0v) is 9.40. The lowest BCUT2D eigenvalue weighted by atomic mass is 10.3.